The highest BCUT2D eigenvalue weighted by molar-refractivity contribution is 6.50. The Kier molecular flexibility index (Phi) is 4.37. The number of carbonyl (C=O) groups excluding carboxylic acids is 2. The summed E-state index contributed by atoms with van der Waals surface area (Å²) in [7, 11) is 0. The van der Waals surface area contributed by atoms with Gasteiger partial charge >= 0.3 is 0 Å². The molecule has 3 aliphatic rings. The number of hydrazone groups is 1. The average Bonchev–Trinajstić information content (AvgIpc) is 3.07. The van der Waals surface area contributed by atoms with Gasteiger partial charge in [-0.15, -0.1) is 0 Å². The standard InChI is InChI=1S/C26H29N3O2/c1-24(2)25(3)14-15-26(24,22(30)21(25)28-27-20-11-5-4-6-12-20)23(31)29-16-13-18-9-7-8-10-19(18)17-29/h4-12,27H,13-17H2,1-3H3/b28-21+. The first-order valence-corrected chi connectivity index (χ1v) is 11.1. The third-order valence-corrected chi connectivity index (χ3v) is 8.43. The predicted molar refractivity (Wildman–Crippen MR) is 122 cm³/mol. The molecule has 0 radical (unpaired) electrons. The van der Waals surface area contributed by atoms with Crippen molar-refractivity contribution in [2.45, 2.75) is 46.6 Å². The highest BCUT2D eigenvalue weighted by Crippen LogP contribution is 2.69. The molecule has 0 spiro atoms. The van der Waals surface area contributed by atoms with Gasteiger partial charge in [0.05, 0.1) is 5.69 Å². The zero-order valence-corrected chi connectivity index (χ0v) is 18.4. The van der Waals surface area contributed by atoms with Crippen molar-refractivity contribution in [2.24, 2.45) is 21.3 Å². The number of rotatable bonds is 3. The topological polar surface area (TPSA) is 61.8 Å². The van der Waals surface area contributed by atoms with Crippen molar-refractivity contribution in [3.8, 4) is 0 Å². The van der Waals surface area contributed by atoms with Gasteiger partial charge in [-0.3, -0.25) is 15.0 Å². The molecule has 2 fully saturated rings. The predicted octanol–water partition coefficient (Wildman–Crippen LogP) is 4.43. The van der Waals surface area contributed by atoms with Gasteiger partial charge in [-0.05, 0) is 47.9 Å². The van der Waals surface area contributed by atoms with E-state index in [1.165, 1.54) is 11.1 Å². The molecule has 5 heteroatoms. The normalized spacial score (nSPS) is 29.8. The van der Waals surface area contributed by atoms with Crippen LogP contribution in [-0.2, 0) is 22.6 Å². The van der Waals surface area contributed by atoms with Gasteiger partial charge in [0.2, 0.25) is 5.91 Å². The van der Waals surface area contributed by atoms with Gasteiger partial charge in [0.25, 0.3) is 0 Å². The average molecular weight is 416 g/mol. The van der Waals surface area contributed by atoms with Crippen molar-refractivity contribution in [3.63, 3.8) is 0 Å². The lowest BCUT2D eigenvalue weighted by atomic mass is 9.64. The fourth-order valence-electron chi connectivity index (χ4n) is 6.02. The van der Waals surface area contributed by atoms with Crippen molar-refractivity contribution in [1.82, 2.24) is 4.90 Å². The summed E-state index contributed by atoms with van der Waals surface area (Å²) in [6.07, 6.45) is 2.22. The minimum absolute atomic E-state index is 0.0226. The molecule has 1 N–H and O–H groups in total. The Morgan fingerprint density at radius 3 is 2.39 bits per heavy atom. The Labute approximate surface area is 183 Å². The molecule has 2 aliphatic carbocycles. The SMILES string of the molecule is CC12CCC(C(=O)N3CCc4ccccc4C3)(C(=O)/C1=N\Nc1ccccc1)C2(C)C. The number of benzene rings is 2. The quantitative estimate of drug-likeness (QED) is 0.596. The van der Waals surface area contributed by atoms with Gasteiger partial charge in [0.1, 0.15) is 11.1 Å². The van der Waals surface area contributed by atoms with E-state index in [1.807, 2.05) is 47.4 Å². The lowest BCUT2D eigenvalue weighted by Crippen LogP contribution is -2.53. The number of amides is 1. The number of nitrogens with one attached hydrogen (secondary N) is 1. The summed E-state index contributed by atoms with van der Waals surface area (Å²) in [4.78, 5) is 29.8. The second kappa shape index (κ2) is 6.78. The van der Waals surface area contributed by atoms with Crippen LogP contribution in [0.15, 0.2) is 59.7 Å². The Balaban J connectivity index is 1.50. The second-order valence-corrected chi connectivity index (χ2v) is 9.88. The van der Waals surface area contributed by atoms with Crippen LogP contribution in [-0.4, -0.2) is 28.8 Å². The van der Waals surface area contributed by atoms with Gasteiger partial charge in [-0.1, -0.05) is 63.2 Å². The molecule has 2 atom stereocenters. The summed E-state index contributed by atoms with van der Waals surface area (Å²) in [6.45, 7) is 7.50. The third kappa shape index (κ3) is 2.58. The van der Waals surface area contributed by atoms with E-state index in [0.29, 0.717) is 25.2 Å². The van der Waals surface area contributed by atoms with E-state index in [9.17, 15) is 9.59 Å². The largest absolute Gasteiger partial charge is 0.337 e. The summed E-state index contributed by atoms with van der Waals surface area (Å²) in [5.41, 5.74) is 4.91. The number of Topliss-reactive ketones (excluding diaryl/α,β-unsaturated/α-hetero) is 1. The highest BCUT2D eigenvalue weighted by Gasteiger charge is 2.77. The fraction of sp³-hybridized carbons (Fsp3) is 0.423. The van der Waals surface area contributed by atoms with E-state index < -0.39 is 16.2 Å². The molecule has 1 amide bonds. The number of carbonyl (C=O) groups is 2. The van der Waals surface area contributed by atoms with E-state index >= 15 is 0 Å². The summed E-state index contributed by atoms with van der Waals surface area (Å²) >= 11 is 0. The van der Waals surface area contributed by atoms with Gasteiger partial charge in [0, 0.05) is 18.5 Å². The molecular formula is C26H29N3O2. The molecule has 2 aromatic rings. The maximum absolute atomic E-state index is 14.0. The van der Waals surface area contributed by atoms with Crippen molar-refractivity contribution in [1.29, 1.82) is 0 Å². The van der Waals surface area contributed by atoms with Crippen molar-refractivity contribution in [3.05, 3.63) is 65.7 Å². The van der Waals surface area contributed by atoms with Crippen LogP contribution in [0.5, 0.6) is 0 Å². The number of anilines is 1. The van der Waals surface area contributed by atoms with Gasteiger partial charge in [-0.25, -0.2) is 0 Å². The molecule has 2 unspecified atom stereocenters. The number of fused-ring (bicyclic) bond motifs is 3. The lowest BCUT2D eigenvalue weighted by molar-refractivity contribution is -0.153. The summed E-state index contributed by atoms with van der Waals surface area (Å²) in [5.74, 6) is -0.121. The molecular weight excluding hydrogens is 386 g/mol. The maximum atomic E-state index is 14.0. The minimum atomic E-state index is -1.04. The first-order valence-electron chi connectivity index (χ1n) is 11.1. The van der Waals surface area contributed by atoms with Crippen LogP contribution < -0.4 is 5.43 Å². The Bertz CT molecular complexity index is 1090. The van der Waals surface area contributed by atoms with E-state index in [-0.39, 0.29) is 11.7 Å². The number of para-hydroxylation sites is 1. The maximum Gasteiger partial charge on any atom is 0.237 e. The number of hydrogen-bond donors (Lipinski definition) is 1. The molecule has 2 saturated carbocycles. The third-order valence-electron chi connectivity index (χ3n) is 8.43. The molecule has 160 valence electrons. The van der Waals surface area contributed by atoms with E-state index in [1.54, 1.807) is 0 Å². The molecule has 1 heterocycles. The van der Waals surface area contributed by atoms with Crippen LogP contribution in [0.1, 0.15) is 44.7 Å². The van der Waals surface area contributed by atoms with Crippen LogP contribution in [0, 0.1) is 16.2 Å². The zero-order chi connectivity index (χ0) is 21.9. The summed E-state index contributed by atoms with van der Waals surface area (Å²) < 4.78 is 0. The number of ketones is 1. The fourth-order valence-corrected chi connectivity index (χ4v) is 6.02. The smallest absolute Gasteiger partial charge is 0.237 e. The second-order valence-electron chi connectivity index (χ2n) is 9.88. The molecule has 0 saturated heterocycles. The Morgan fingerprint density at radius 2 is 1.65 bits per heavy atom. The molecule has 2 bridgehead atoms. The lowest BCUT2D eigenvalue weighted by Gasteiger charge is -2.41. The van der Waals surface area contributed by atoms with Crippen molar-refractivity contribution >= 4 is 23.1 Å². The van der Waals surface area contributed by atoms with Crippen LogP contribution >= 0.6 is 0 Å². The molecule has 0 aromatic heterocycles. The first kappa shape index (κ1) is 20.0. The molecule has 5 rings (SSSR count). The molecule has 2 aromatic carbocycles. The van der Waals surface area contributed by atoms with Gasteiger partial charge in [0.15, 0.2) is 5.78 Å². The van der Waals surface area contributed by atoms with Gasteiger partial charge < -0.3 is 4.90 Å². The minimum Gasteiger partial charge on any atom is -0.337 e. The van der Waals surface area contributed by atoms with E-state index in [0.717, 1.165) is 18.5 Å². The summed E-state index contributed by atoms with van der Waals surface area (Å²) in [5, 5.41) is 4.58. The van der Waals surface area contributed by atoms with Crippen LogP contribution in [0.25, 0.3) is 0 Å². The Hall–Kier alpha value is -2.95. The zero-order valence-electron chi connectivity index (χ0n) is 18.4. The number of nitrogens with zero attached hydrogens (tertiary/aromatic N) is 2. The van der Waals surface area contributed by atoms with Crippen molar-refractivity contribution in [2.75, 3.05) is 12.0 Å². The van der Waals surface area contributed by atoms with Crippen LogP contribution in [0.4, 0.5) is 5.69 Å². The van der Waals surface area contributed by atoms with Gasteiger partial charge in [-0.2, -0.15) is 5.10 Å². The van der Waals surface area contributed by atoms with Crippen molar-refractivity contribution < 1.29 is 9.59 Å². The van der Waals surface area contributed by atoms with Crippen LogP contribution in [0.3, 0.4) is 0 Å². The first-order chi connectivity index (χ1) is 14.8. The monoisotopic (exact) mass is 415 g/mol. The molecule has 31 heavy (non-hydrogen) atoms. The van der Waals surface area contributed by atoms with E-state index in [2.05, 4.69) is 43.4 Å². The summed E-state index contributed by atoms with van der Waals surface area (Å²) in [6, 6.07) is 17.9. The van der Waals surface area contributed by atoms with E-state index in [4.69, 9.17) is 0 Å². The van der Waals surface area contributed by atoms with Crippen LogP contribution in [0.2, 0.25) is 0 Å². The molecule has 1 aliphatic heterocycles. The highest BCUT2D eigenvalue weighted by atomic mass is 16.2. The molecule has 5 nitrogen and oxygen atoms in total. The number of hydrogen-bond acceptors (Lipinski definition) is 4. The Morgan fingerprint density at radius 1 is 0.968 bits per heavy atom.